The summed E-state index contributed by atoms with van der Waals surface area (Å²) in [4.78, 5) is 15.4. The molecule has 104 valence electrons. The van der Waals surface area contributed by atoms with E-state index in [2.05, 4.69) is 4.98 Å². The van der Waals surface area contributed by atoms with Crippen molar-refractivity contribution in [1.29, 1.82) is 0 Å². The second-order valence-electron chi connectivity index (χ2n) is 4.50. The summed E-state index contributed by atoms with van der Waals surface area (Å²) in [5.41, 5.74) is 1.57. The smallest absolute Gasteiger partial charge is 0.337 e. The van der Waals surface area contributed by atoms with Crippen molar-refractivity contribution in [3.63, 3.8) is 0 Å². The van der Waals surface area contributed by atoms with Gasteiger partial charge in [0.1, 0.15) is 11.6 Å². The number of carboxylic acid groups (broad SMARTS) is 1. The Morgan fingerprint density at radius 2 is 1.86 bits per heavy atom. The molecule has 0 bridgehead atoms. The summed E-state index contributed by atoms with van der Waals surface area (Å²) < 4.78 is 14.5. The van der Waals surface area contributed by atoms with Crippen LogP contribution in [-0.2, 0) is 0 Å². The molecule has 0 radical (unpaired) electrons. The van der Waals surface area contributed by atoms with Gasteiger partial charge in [-0.1, -0.05) is 30.3 Å². The zero-order valence-corrected chi connectivity index (χ0v) is 10.9. The monoisotopic (exact) mass is 282 g/mol. The zero-order chi connectivity index (χ0) is 14.8. The van der Waals surface area contributed by atoms with Crippen molar-refractivity contribution in [2.45, 2.75) is 0 Å². The molecule has 2 heterocycles. The fraction of sp³-hybridized carbons (Fsp3) is 0. The topological polar surface area (TPSA) is 55.1 Å². The van der Waals surface area contributed by atoms with Crippen LogP contribution in [0, 0.1) is 5.82 Å². The Morgan fingerprint density at radius 1 is 1.10 bits per heavy atom. The van der Waals surface area contributed by atoms with Crippen molar-refractivity contribution in [3.05, 3.63) is 72.4 Å². The summed E-state index contributed by atoms with van der Waals surface area (Å²) >= 11 is 0. The number of nitrogens with zero attached hydrogens (tertiary/aromatic N) is 2. The third-order valence-electron chi connectivity index (χ3n) is 3.12. The Kier molecular flexibility index (Phi) is 3.23. The molecule has 2 aromatic heterocycles. The van der Waals surface area contributed by atoms with Crippen molar-refractivity contribution < 1.29 is 14.3 Å². The van der Waals surface area contributed by atoms with Crippen LogP contribution in [0.15, 0.2) is 61.1 Å². The number of hydrogen-bond donors (Lipinski definition) is 1. The summed E-state index contributed by atoms with van der Waals surface area (Å²) in [5.74, 6) is -0.997. The van der Waals surface area contributed by atoms with Crippen molar-refractivity contribution in [2.24, 2.45) is 0 Å². The first-order chi connectivity index (χ1) is 10.1. The number of halogens is 1. The van der Waals surface area contributed by atoms with Gasteiger partial charge in [0.2, 0.25) is 0 Å². The average Bonchev–Trinajstić information content (AvgIpc) is 2.94. The Bertz CT molecular complexity index is 780. The molecule has 0 aliphatic heterocycles. The fourth-order valence-corrected chi connectivity index (χ4v) is 2.13. The van der Waals surface area contributed by atoms with Crippen LogP contribution in [0.2, 0.25) is 0 Å². The van der Waals surface area contributed by atoms with Crippen molar-refractivity contribution in [3.8, 4) is 16.9 Å². The average molecular weight is 282 g/mol. The molecular weight excluding hydrogens is 271 g/mol. The van der Waals surface area contributed by atoms with Gasteiger partial charge in [-0.25, -0.2) is 14.2 Å². The van der Waals surface area contributed by atoms with E-state index < -0.39 is 11.8 Å². The third kappa shape index (κ3) is 2.53. The van der Waals surface area contributed by atoms with Crippen molar-refractivity contribution >= 4 is 5.97 Å². The van der Waals surface area contributed by atoms with Crippen LogP contribution in [0.3, 0.4) is 0 Å². The number of hydrogen-bond acceptors (Lipinski definition) is 2. The number of pyridine rings is 1. The molecule has 0 saturated heterocycles. The lowest BCUT2D eigenvalue weighted by Crippen LogP contribution is -1.97. The van der Waals surface area contributed by atoms with Gasteiger partial charge in [0.15, 0.2) is 0 Å². The van der Waals surface area contributed by atoms with E-state index in [1.54, 1.807) is 10.8 Å². The highest BCUT2D eigenvalue weighted by atomic mass is 19.1. The van der Waals surface area contributed by atoms with Crippen LogP contribution in [-0.4, -0.2) is 20.6 Å². The summed E-state index contributed by atoms with van der Waals surface area (Å²) in [6.45, 7) is 0. The predicted molar refractivity (Wildman–Crippen MR) is 75.9 cm³/mol. The van der Waals surface area contributed by atoms with Crippen molar-refractivity contribution in [1.82, 2.24) is 9.55 Å². The second kappa shape index (κ2) is 5.20. The molecule has 1 N–H and O–H groups in total. The van der Waals surface area contributed by atoms with Gasteiger partial charge >= 0.3 is 5.97 Å². The lowest BCUT2D eigenvalue weighted by atomic mass is 10.1. The molecule has 0 fully saturated rings. The van der Waals surface area contributed by atoms with Crippen LogP contribution in [0.25, 0.3) is 16.9 Å². The summed E-state index contributed by atoms with van der Waals surface area (Å²) in [6.07, 6.45) is 4.25. The van der Waals surface area contributed by atoms with Crippen molar-refractivity contribution in [2.75, 3.05) is 0 Å². The van der Waals surface area contributed by atoms with Gasteiger partial charge in [-0.05, 0) is 17.7 Å². The molecule has 3 rings (SSSR count). The molecule has 0 atom stereocenters. The normalized spacial score (nSPS) is 10.5. The summed E-state index contributed by atoms with van der Waals surface area (Å²) in [7, 11) is 0. The second-order valence-corrected chi connectivity index (χ2v) is 4.50. The maximum absolute atomic E-state index is 12.9. The van der Waals surface area contributed by atoms with E-state index in [4.69, 9.17) is 0 Å². The lowest BCUT2D eigenvalue weighted by molar-refractivity contribution is 0.0698. The van der Waals surface area contributed by atoms with Crippen LogP contribution in [0.4, 0.5) is 4.39 Å². The minimum absolute atomic E-state index is 0.173. The number of carboxylic acids is 1. The van der Waals surface area contributed by atoms with Gasteiger partial charge in [-0.2, -0.15) is 0 Å². The molecular formula is C16H11FN2O2. The van der Waals surface area contributed by atoms with E-state index >= 15 is 0 Å². The van der Waals surface area contributed by atoms with E-state index in [1.165, 1.54) is 18.3 Å². The first-order valence-electron chi connectivity index (χ1n) is 6.28. The van der Waals surface area contributed by atoms with Gasteiger partial charge < -0.3 is 9.67 Å². The Balaban J connectivity index is 2.13. The Hall–Kier alpha value is -2.95. The molecule has 0 aliphatic carbocycles. The molecule has 0 aliphatic rings. The van der Waals surface area contributed by atoms with Gasteiger partial charge in [-0.3, -0.25) is 0 Å². The van der Waals surface area contributed by atoms with Gasteiger partial charge in [0.25, 0.3) is 0 Å². The SMILES string of the molecule is O=C(O)c1cn(-c2ccc(F)cn2)cc1-c1ccccc1. The van der Waals surface area contributed by atoms with Gasteiger partial charge in [0.05, 0.1) is 11.8 Å². The predicted octanol–water partition coefficient (Wildman–Crippen LogP) is 3.38. The maximum atomic E-state index is 12.9. The molecule has 0 spiro atoms. The molecule has 4 nitrogen and oxygen atoms in total. The maximum Gasteiger partial charge on any atom is 0.337 e. The Morgan fingerprint density at radius 3 is 2.48 bits per heavy atom. The zero-order valence-electron chi connectivity index (χ0n) is 10.9. The number of rotatable bonds is 3. The quantitative estimate of drug-likeness (QED) is 0.801. The van der Waals surface area contributed by atoms with E-state index in [1.807, 2.05) is 30.3 Å². The molecule has 0 amide bonds. The molecule has 5 heteroatoms. The van der Waals surface area contributed by atoms with E-state index in [0.717, 1.165) is 11.8 Å². The summed E-state index contributed by atoms with van der Waals surface area (Å²) in [5, 5.41) is 9.34. The van der Waals surface area contributed by atoms with Crippen LogP contribution >= 0.6 is 0 Å². The van der Waals surface area contributed by atoms with Crippen LogP contribution < -0.4 is 0 Å². The minimum Gasteiger partial charge on any atom is -0.478 e. The molecule has 1 aromatic carbocycles. The molecule has 0 unspecified atom stereocenters. The Labute approximate surface area is 120 Å². The molecule has 0 saturated carbocycles. The van der Waals surface area contributed by atoms with E-state index in [-0.39, 0.29) is 5.56 Å². The number of benzene rings is 1. The van der Waals surface area contributed by atoms with E-state index in [0.29, 0.717) is 11.4 Å². The highest BCUT2D eigenvalue weighted by Gasteiger charge is 2.15. The minimum atomic E-state index is -1.02. The van der Waals surface area contributed by atoms with Gasteiger partial charge in [-0.15, -0.1) is 0 Å². The number of aromatic carboxylic acids is 1. The third-order valence-corrected chi connectivity index (χ3v) is 3.12. The highest BCUT2D eigenvalue weighted by molar-refractivity contribution is 5.96. The fourth-order valence-electron chi connectivity index (χ4n) is 2.13. The largest absolute Gasteiger partial charge is 0.478 e. The number of carbonyl (C=O) groups is 1. The lowest BCUT2D eigenvalue weighted by Gasteiger charge is -2.00. The standard InChI is InChI=1S/C16H11FN2O2/c17-12-6-7-15(18-8-12)19-9-13(14(10-19)16(20)21)11-4-2-1-3-5-11/h1-10H,(H,20,21). The number of aromatic nitrogens is 2. The summed E-state index contributed by atoms with van der Waals surface area (Å²) in [6, 6.07) is 12.0. The highest BCUT2D eigenvalue weighted by Crippen LogP contribution is 2.26. The van der Waals surface area contributed by atoms with E-state index in [9.17, 15) is 14.3 Å². The van der Waals surface area contributed by atoms with Crippen LogP contribution in [0.5, 0.6) is 0 Å². The first kappa shape index (κ1) is 13.1. The van der Waals surface area contributed by atoms with Crippen LogP contribution in [0.1, 0.15) is 10.4 Å². The van der Waals surface area contributed by atoms with Gasteiger partial charge in [0, 0.05) is 18.0 Å². The molecule has 3 aromatic rings. The molecule has 21 heavy (non-hydrogen) atoms. The first-order valence-corrected chi connectivity index (χ1v) is 6.28.